The van der Waals surface area contributed by atoms with Gasteiger partial charge in [0.1, 0.15) is 0 Å². The van der Waals surface area contributed by atoms with Gasteiger partial charge in [-0.25, -0.2) is 4.79 Å². The normalized spacial score (nSPS) is 18.1. The molecular formula is C28H40O2. The molecule has 30 heavy (non-hydrogen) atoms. The highest BCUT2D eigenvalue weighted by Gasteiger charge is 2.37. The minimum atomic E-state index is -0.907. The van der Waals surface area contributed by atoms with E-state index in [0.717, 1.165) is 12.0 Å². The van der Waals surface area contributed by atoms with E-state index in [0.29, 0.717) is 0 Å². The second-order valence-corrected chi connectivity index (χ2v) is 10.1. The molecule has 2 rings (SSSR count). The molecule has 1 N–H and O–H groups in total. The molecule has 1 aromatic rings. The molecule has 0 aromatic heterocycles. The van der Waals surface area contributed by atoms with Crippen molar-refractivity contribution >= 4 is 12.0 Å². The Bertz CT molecular complexity index is 834. The number of carbonyl (C=O) groups is 1. The maximum absolute atomic E-state index is 10.8. The van der Waals surface area contributed by atoms with Crippen molar-refractivity contribution in [1.82, 2.24) is 0 Å². The van der Waals surface area contributed by atoms with E-state index in [1.165, 1.54) is 66.9 Å². The summed E-state index contributed by atoms with van der Waals surface area (Å²) in [6.45, 7) is 13.6. The molecular weight excluding hydrogens is 368 g/mol. The lowest BCUT2D eigenvalue weighted by Crippen LogP contribution is -2.34. The molecule has 0 radical (unpaired) electrons. The number of fused-ring (bicyclic) bond motifs is 1. The van der Waals surface area contributed by atoms with Crippen molar-refractivity contribution in [2.24, 2.45) is 0 Å². The Kier molecular flexibility index (Phi) is 8.29. The van der Waals surface area contributed by atoms with Crippen molar-refractivity contribution in [2.45, 2.75) is 97.3 Å². The fourth-order valence-corrected chi connectivity index (χ4v) is 4.40. The van der Waals surface area contributed by atoms with Gasteiger partial charge in [0.25, 0.3) is 0 Å². The van der Waals surface area contributed by atoms with E-state index in [2.05, 4.69) is 52.8 Å². The second-order valence-electron chi connectivity index (χ2n) is 10.1. The molecule has 0 bridgehead atoms. The standard InChI is InChI=1S/C28H40O2/c1-7-8-9-10-14-22-19-24-25(28(5,6)17-16-27(24,3)4)20-23(22)15-12-11-13-21(2)18-26(29)30/h11-13,15,18-20H,7-10,14,16-17H2,1-6H3,(H,29,30)/b13-11?,15-12?,21-18+. The molecule has 2 heteroatoms. The third-order valence-electron chi connectivity index (χ3n) is 6.51. The minimum absolute atomic E-state index is 0.199. The van der Waals surface area contributed by atoms with Crippen LogP contribution in [0.15, 0.2) is 42.0 Å². The van der Waals surface area contributed by atoms with Crippen LogP contribution in [0.4, 0.5) is 0 Å². The van der Waals surface area contributed by atoms with Gasteiger partial charge < -0.3 is 5.11 Å². The predicted molar refractivity (Wildman–Crippen MR) is 129 cm³/mol. The van der Waals surface area contributed by atoms with Gasteiger partial charge in [-0.15, -0.1) is 0 Å². The third kappa shape index (κ3) is 6.45. The molecule has 0 fully saturated rings. The van der Waals surface area contributed by atoms with Gasteiger partial charge in [-0.2, -0.15) is 0 Å². The molecule has 1 aromatic carbocycles. The number of aryl methyl sites for hydroxylation is 1. The van der Waals surface area contributed by atoms with Gasteiger partial charge in [0.05, 0.1) is 0 Å². The number of hydrogen-bond acceptors (Lipinski definition) is 1. The maximum Gasteiger partial charge on any atom is 0.328 e. The van der Waals surface area contributed by atoms with Gasteiger partial charge in [0.2, 0.25) is 0 Å². The summed E-state index contributed by atoms with van der Waals surface area (Å²) >= 11 is 0. The highest BCUT2D eigenvalue weighted by molar-refractivity contribution is 5.81. The second kappa shape index (κ2) is 10.3. The highest BCUT2D eigenvalue weighted by Crippen LogP contribution is 2.46. The number of carboxylic acids is 1. The minimum Gasteiger partial charge on any atom is -0.478 e. The molecule has 164 valence electrons. The molecule has 0 saturated heterocycles. The first-order chi connectivity index (χ1) is 14.1. The Hall–Kier alpha value is -2.09. The molecule has 0 saturated carbocycles. The summed E-state index contributed by atoms with van der Waals surface area (Å²) < 4.78 is 0. The van der Waals surface area contributed by atoms with Crippen molar-refractivity contribution < 1.29 is 9.90 Å². The zero-order valence-electron chi connectivity index (χ0n) is 19.8. The average Bonchev–Trinajstić information content (AvgIpc) is 2.66. The topological polar surface area (TPSA) is 37.3 Å². The molecule has 0 unspecified atom stereocenters. The smallest absolute Gasteiger partial charge is 0.328 e. The number of aliphatic carboxylic acids is 1. The fourth-order valence-electron chi connectivity index (χ4n) is 4.40. The first-order valence-corrected chi connectivity index (χ1v) is 11.5. The summed E-state index contributed by atoms with van der Waals surface area (Å²) in [6, 6.07) is 4.91. The van der Waals surface area contributed by atoms with E-state index in [1.807, 2.05) is 18.2 Å². The zero-order valence-corrected chi connectivity index (χ0v) is 19.8. The lowest BCUT2D eigenvalue weighted by Gasteiger charge is -2.42. The third-order valence-corrected chi connectivity index (χ3v) is 6.51. The average molecular weight is 409 g/mol. The number of carboxylic acid groups (broad SMARTS) is 1. The van der Waals surface area contributed by atoms with Crippen LogP contribution in [0.1, 0.15) is 102 Å². The molecule has 0 aliphatic heterocycles. The number of allylic oxidation sites excluding steroid dienone is 4. The molecule has 0 heterocycles. The van der Waals surface area contributed by atoms with E-state index in [1.54, 1.807) is 6.92 Å². The van der Waals surface area contributed by atoms with Crippen molar-refractivity contribution in [3.8, 4) is 0 Å². The predicted octanol–water partition coefficient (Wildman–Crippen LogP) is 7.76. The highest BCUT2D eigenvalue weighted by atomic mass is 16.4. The molecule has 2 nitrogen and oxygen atoms in total. The first-order valence-electron chi connectivity index (χ1n) is 11.5. The maximum atomic E-state index is 10.8. The largest absolute Gasteiger partial charge is 0.478 e. The Labute approximate surface area is 183 Å². The number of benzene rings is 1. The van der Waals surface area contributed by atoms with Crippen LogP contribution >= 0.6 is 0 Å². The first kappa shape index (κ1) is 24.2. The van der Waals surface area contributed by atoms with Crippen LogP contribution in [0.2, 0.25) is 0 Å². The quantitative estimate of drug-likeness (QED) is 0.257. The van der Waals surface area contributed by atoms with Crippen molar-refractivity contribution in [3.05, 3.63) is 64.3 Å². The lowest BCUT2D eigenvalue weighted by atomic mass is 9.62. The fraction of sp³-hybridized carbons (Fsp3) is 0.536. The summed E-state index contributed by atoms with van der Waals surface area (Å²) in [4.78, 5) is 10.8. The van der Waals surface area contributed by atoms with Gasteiger partial charge in [0, 0.05) is 6.08 Å². The number of rotatable bonds is 9. The van der Waals surface area contributed by atoms with Crippen LogP contribution in [-0.2, 0) is 22.0 Å². The summed E-state index contributed by atoms with van der Waals surface area (Å²) in [5.41, 5.74) is 6.92. The van der Waals surface area contributed by atoms with Crippen LogP contribution in [-0.4, -0.2) is 11.1 Å². The SMILES string of the molecule is CCCCCCc1cc2c(cc1C=CC=C/C(C)=C/C(=O)O)C(C)(C)CCC2(C)C. The van der Waals surface area contributed by atoms with Crippen molar-refractivity contribution in [1.29, 1.82) is 0 Å². The summed E-state index contributed by atoms with van der Waals surface area (Å²) in [5.74, 6) is -0.907. The monoisotopic (exact) mass is 408 g/mol. The van der Waals surface area contributed by atoms with Crippen LogP contribution in [0.3, 0.4) is 0 Å². The molecule has 0 amide bonds. The van der Waals surface area contributed by atoms with Crippen LogP contribution < -0.4 is 0 Å². The van der Waals surface area contributed by atoms with Gasteiger partial charge in [0.15, 0.2) is 0 Å². The van der Waals surface area contributed by atoms with Crippen LogP contribution in [0.5, 0.6) is 0 Å². The van der Waals surface area contributed by atoms with Crippen LogP contribution in [0.25, 0.3) is 6.08 Å². The molecule has 1 aliphatic rings. The van der Waals surface area contributed by atoms with Gasteiger partial charge in [-0.1, -0.05) is 90.3 Å². The Morgan fingerprint density at radius 2 is 1.63 bits per heavy atom. The van der Waals surface area contributed by atoms with Crippen molar-refractivity contribution in [2.75, 3.05) is 0 Å². The molecule has 1 aliphatic carbocycles. The Balaban J connectivity index is 2.39. The van der Waals surface area contributed by atoms with Crippen molar-refractivity contribution in [3.63, 3.8) is 0 Å². The molecule has 0 spiro atoms. The summed E-state index contributed by atoms with van der Waals surface area (Å²) in [7, 11) is 0. The van der Waals surface area contributed by atoms with E-state index >= 15 is 0 Å². The van der Waals surface area contributed by atoms with Gasteiger partial charge in [-0.05, 0) is 71.3 Å². The van der Waals surface area contributed by atoms with E-state index in [9.17, 15) is 4.79 Å². The summed E-state index contributed by atoms with van der Waals surface area (Å²) in [6.07, 6.45) is 17.9. The Morgan fingerprint density at radius 1 is 1.00 bits per heavy atom. The van der Waals surface area contributed by atoms with E-state index in [-0.39, 0.29) is 10.8 Å². The van der Waals surface area contributed by atoms with Gasteiger partial charge >= 0.3 is 5.97 Å². The lowest BCUT2D eigenvalue weighted by molar-refractivity contribution is -0.131. The number of unbranched alkanes of at least 4 members (excludes halogenated alkanes) is 3. The molecule has 0 atom stereocenters. The number of hydrogen-bond donors (Lipinski definition) is 1. The zero-order chi connectivity index (χ0) is 22.4. The van der Waals surface area contributed by atoms with E-state index in [4.69, 9.17) is 5.11 Å². The summed E-state index contributed by atoms with van der Waals surface area (Å²) in [5, 5.41) is 8.85. The van der Waals surface area contributed by atoms with Gasteiger partial charge in [-0.3, -0.25) is 0 Å². The Morgan fingerprint density at radius 3 is 2.23 bits per heavy atom. The van der Waals surface area contributed by atoms with Crippen LogP contribution in [0, 0.1) is 0 Å². The van der Waals surface area contributed by atoms with E-state index < -0.39 is 5.97 Å².